The molecule has 0 amide bonds. The maximum atomic E-state index is 4.29. The Morgan fingerprint density at radius 2 is 2.25 bits per heavy atom. The molecule has 0 unspecified atom stereocenters. The van der Waals surface area contributed by atoms with Crippen LogP contribution >= 0.6 is 0 Å². The average Bonchev–Trinajstić information content (AvgIpc) is 2.21. The molecular formula is C9H8B2N. The molecule has 1 radical (unpaired) electrons. The summed E-state index contributed by atoms with van der Waals surface area (Å²) in [6.07, 6.45) is 5.91. The number of hydrogen-bond donors (Lipinski definition) is 0. The Hall–Kier alpha value is -1.24. The van der Waals surface area contributed by atoms with Crippen LogP contribution in [-0.2, 0) is 0 Å². The lowest BCUT2D eigenvalue weighted by molar-refractivity contribution is 1.38. The van der Waals surface area contributed by atoms with Crippen LogP contribution < -0.4 is 5.59 Å². The molecule has 1 aliphatic rings. The molecule has 0 fully saturated rings. The fourth-order valence-electron chi connectivity index (χ4n) is 1.27. The lowest BCUT2D eigenvalue weighted by atomic mass is 9.19. The Balaban J connectivity index is 2.21. The maximum absolute atomic E-state index is 4.29. The first kappa shape index (κ1) is 7.41. The second-order valence-corrected chi connectivity index (χ2v) is 2.74. The van der Waals surface area contributed by atoms with E-state index in [0.29, 0.717) is 6.60 Å². The summed E-state index contributed by atoms with van der Waals surface area (Å²) in [5.41, 5.74) is 1.11. The number of aromatic nitrogens is 1. The van der Waals surface area contributed by atoms with E-state index in [0.717, 1.165) is 5.59 Å². The first-order chi connectivity index (χ1) is 5.97. The van der Waals surface area contributed by atoms with Crippen LogP contribution in [-0.4, -0.2) is 18.8 Å². The van der Waals surface area contributed by atoms with Crippen LogP contribution in [0.3, 0.4) is 0 Å². The molecule has 55 valence electrons. The van der Waals surface area contributed by atoms with Gasteiger partial charge in [-0.3, -0.25) is 4.98 Å². The zero-order valence-electron chi connectivity index (χ0n) is 6.72. The monoisotopic (exact) mass is 152 g/mol. The van der Waals surface area contributed by atoms with Gasteiger partial charge in [0.1, 0.15) is 7.17 Å². The minimum Gasteiger partial charge on any atom is -0.272 e. The summed E-state index contributed by atoms with van der Waals surface area (Å²) in [5.74, 6) is 4.20. The van der Waals surface area contributed by atoms with Crippen molar-refractivity contribution in [3.63, 3.8) is 0 Å². The van der Waals surface area contributed by atoms with Crippen LogP contribution in [0.15, 0.2) is 48.5 Å². The fourth-order valence-corrected chi connectivity index (χ4v) is 1.27. The molecular weight excluding hydrogens is 144 g/mol. The molecule has 1 nitrogen and oxygen atoms in total. The fraction of sp³-hybridized carbons (Fsp3) is 0. The van der Waals surface area contributed by atoms with Crippen molar-refractivity contribution in [1.82, 2.24) is 4.98 Å². The predicted molar refractivity (Wildman–Crippen MR) is 53.7 cm³/mol. The minimum atomic E-state index is 0.358. The topological polar surface area (TPSA) is 12.9 Å². The van der Waals surface area contributed by atoms with Gasteiger partial charge in [0.2, 0.25) is 0 Å². The van der Waals surface area contributed by atoms with Gasteiger partial charge >= 0.3 is 0 Å². The van der Waals surface area contributed by atoms with E-state index in [4.69, 9.17) is 0 Å². The number of hydrogen-bond acceptors (Lipinski definition) is 1. The first-order valence-corrected chi connectivity index (χ1v) is 4.06. The van der Waals surface area contributed by atoms with Crippen molar-refractivity contribution < 1.29 is 0 Å². The third kappa shape index (κ3) is 1.50. The van der Waals surface area contributed by atoms with Crippen LogP contribution in [0, 0.1) is 0 Å². The molecule has 2 rings (SSSR count). The van der Waals surface area contributed by atoms with Crippen LogP contribution in [0.1, 0.15) is 0 Å². The molecule has 12 heavy (non-hydrogen) atoms. The van der Waals surface area contributed by atoms with E-state index in [-0.39, 0.29) is 0 Å². The Morgan fingerprint density at radius 3 is 2.92 bits per heavy atom. The van der Waals surface area contributed by atoms with Gasteiger partial charge in [-0.2, -0.15) is 0 Å². The average molecular weight is 152 g/mol. The molecule has 0 aliphatic carbocycles. The second-order valence-electron chi connectivity index (χ2n) is 2.74. The maximum Gasteiger partial charge on any atom is 0.190 e. The van der Waals surface area contributed by atoms with Crippen molar-refractivity contribution in [2.45, 2.75) is 0 Å². The highest BCUT2D eigenvalue weighted by molar-refractivity contribution is 7.23. The molecule has 0 N–H and O–H groups in total. The largest absolute Gasteiger partial charge is 0.272 e. The van der Waals surface area contributed by atoms with Crippen molar-refractivity contribution in [2.75, 3.05) is 0 Å². The molecule has 3 heteroatoms. The third-order valence-corrected chi connectivity index (χ3v) is 1.89. The van der Waals surface area contributed by atoms with Crippen molar-refractivity contribution in [2.24, 2.45) is 0 Å². The van der Waals surface area contributed by atoms with Gasteiger partial charge in [-0.05, 0) is 6.07 Å². The lowest BCUT2D eigenvalue weighted by Gasteiger charge is -2.06. The number of nitrogens with zero attached hydrogens (tertiary/aromatic N) is 1. The highest BCUT2D eigenvalue weighted by Gasteiger charge is 2.13. The smallest absolute Gasteiger partial charge is 0.190 e. The highest BCUT2D eigenvalue weighted by Crippen LogP contribution is 1.93. The summed E-state index contributed by atoms with van der Waals surface area (Å²) in [4.78, 5) is 4.29. The zero-order valence-corrected chi connectivity index (χ0v) is 6.72. The van der Waals surface area contributed by atoms with Crippen LogP contribution in [0.2, 0.25) is 0 Å². The molecule has 0 saturated carbocycles. The molecule has 1 aromatic rings. The van der Waals surface area contributed by atoms with E-state index in [2.05, 4.69) is 30.2 Å². The van der Waals surface area contributed by atoms with Crippen LogP contribution in [0.25, 0.3) is 0 Å². The SMILES string of the molecule is [B]1C=CC=CB1c1ccccn1. The Bertz CT molecular complexity index is 306. The summed E-state index contributed by atoms with van der Waals surface area (Å²) >= 11 is 0. The van der Waals surface area contributed by atoms with Crippen molar-refractivity contribution in [1.29, 1.82) is 0 Å². The summed E-state index contributed by atoms with van der Waals surface area (Å²) in [7, 11) is 2.14. The van der Waals surface area contributed by atoms with Crippen LogP contribution in [0.5, 0.6) is 0 Å². The Labute approximate surface area is 73.5 Å². The first-order valence-electron chi connectivity index (χ1n) is 4.06. The molecule has 0 bridgehead atoms. The van der Waals surface area contributed by atoms with Gasteiger partial charge in [-0.15, -0.1) is 12.0 Å². The lowest BCUT2D eigenvalue weighted by Crippen LogP contribution is -2.37. The van der Waals surface area contributed by atoms with Crippen LogP contribution in [0.4, 0.5) is 0 Å². The molecule has 0 spiro atoms. The van der Waals surface area contributed by atoms with Gasteiger partial charge in [0.15, 0.2) is 6.60 Å². The summed E-state index contributed by atoms with van der Waals surface area (Å²) in [5, 5.41) is 0. The predicted octanol–water partition coefficient (Wildman–Crippen LogP) is 0.607. The summed E-state index contributed by atoms with van der Waals surface area (Å²) in [6.45, 7) is 0.358. The zero-order chi connectivity index (χ0) is 8.23. The van der Waals surface area contributed by atoms with Gasteiger partial charge in [0.25, 0.3) is 0 Å². The van der Waals surface area contributed by atoms with E-state index in [1.165, 1.54) is 0 Å². The molecule has 2 heterocycles. The Morgan fingerprint density at radius 1 is 1.25 bits per heavy atom. The van der Waals surface area contributed by atoms with Crippen molar-refractivity contribution in [3.05, 3.63) is 48.5 Å². The van der Waals surface area contributed by atoms with Crippen molar-refractivity contribution >= 4 is 19.4 Å². The van der Waals surface area contributed by atoms with E-state index < -0.39 is 0 Å². The van der Waals surface area contributed by atoms with E-state index >= 15 is 0 Å². The van der Waals surface area contributed by atoms with Gasteiger partial charge in [-0.1, -0.05) is 24.3 Å². The van der Waals surface area contributed by atoms with E-state index in [9.17, 15) is 0 Å². The standard InChI is InChI=1S/C9H8B2N/c1-4-8-12-9(5-1)11-7-3-2-6-10-11/h1-8H. The quantitative estimate of drug-likeness (QED) is 0.537. The van der Waals surface area contributed by atoms with Crippen molar-refractivity contribution in [3.8, 4) is 0 Å². The van der Waals surface area contributed by atoms with E-state index in [1.54, 1.807) is 0 Å². The molecule has 1 aliphatic heterocycles. The van der Waals surface area contributed by atoms with Gasteiger partial charge in [0, 0.05) is 11.8 Å². The minimum absolute atomic E-state index is 0.358. The third-order valence-electron chi connectivity index (χ3n) is 1.89. The molecule has 1 aromatic heterocycles. The molecule has 0 atom stereocenters. The molecule has 0 aromatic carbocycles. The summed E-state index contributed by atoms with van der Waals surface area (Å²) in [6, 6.07) is 6.00. The van der Waals surface area contributed by atoms with Gasteiger partial charge in [0.05, 0.1) is 0 Å². The molecule has 0 saturated heterocycles. The number of allylic oxidation sites excluding steroid dienone is 2. The second kappa shape index (κ2) is 3.44. The normalized spacial score (nSPS) is 14.5. The summed E-state index contributed by atoms with van der Waals surface area (Å²) < 4.78 is 0. The Kier molecular flexibility index (Phi) is 2.12. The highest BCUT2D eigenvalue weighted by atomic mass is 14.6. The number of rotatable bonds is 1. The number of pyridine rings is 1. The van der Waals surface area contributed by atoms with E-state index in [1.807, 2.05) is 30.5 Å². The van der Waals surface area contributed by atoms with Gasteiger partial charge in [-0.25, -0.2) is 0 Å². The van der Waals surface area contributed by atoms with Gasteiger partial charge < -0.3 is 0 Å².